The average Bonchev–Trinajstić information content (AvgIpc) is 2.74. The molecule has 8 nitrogen and oxygen atoms in total. The number of rotatable bonds is 9. The molecule has 2 N–H and O–H groups in total. The highest BCUT2D eigenvalue weighted by molar-refractivity contribution is 7.89. The molecule has 0 aliphatic heterocycles. The van der Waals surface area contributed by atoms with Crippen molar-refractivity contribution in [3.63, 3.8) is 0 Å². The van der Waals surface area contributed by atoms with Gasteiger partial charge in [0.25, 0.3) is 0 Å². The van der Waals surface area contributed by atoms with Crippen molar-refractivity contribution in [3.8, 4) is 0 Å². The minimum atomic E-state index is -3.72. The number of nitrogens with one attached hydrogen (secondary N) is 2. The Balaban J connectivity index is 2.36. The smallest absolute Gasteiger partial charge is 0.245 e. The van der Waals surface area contributed by atoms with Crippen LogP contribution in [-0.2, 0) is 19.6 Å². The first-order valence-corrected chi connectivity index (χ1v) is 8.53. The number of carbonyl (C=O) groups is 1. The second kappa shape index (κ2) is 8.25. The predicted molar refractivity (Wildman–Crippen MR) is 79.9 cm³/mol. The molecule has 0 fully saturated rings. The molecule has 0 saturated heterocycles. The Morgan fingerprint density at radius 2 is 2.00 bits per heavy atom. The van der Waals surface area contributed by atoms with E-state index in [4.69, 9.17) is 9.26 Å². The lowest BCUT2D eigenvalue weighted by Crippen LogP contribution is -2.32. The average molecular weight is 333 g/mol. The van der Waals surface area contributed by atoms with E-state index >= 15 is 0 Å². The molecule has 126 valence electrons. The molecule has 0 atom stereocenters. The Morgan fingerprint density at radius 3 is 2.55 bits per heavy atom. The first-order chi connectivity index (χ1) is 10.2. The lowest BCUT2D eigenvalue weighted by molar-refractivity contribution is -0.121. The van der Waals surface area contributed by atoms with E-state index < -0.39 is 10.0 Å². The van der Waals surface area contributed by atoms with Crippen molar-refractivity contribution >= 4 is 15.9 Å². The maximum atomic E-state index is 12.1. The van der Waals surface area contributed by atoms with Crippen molar-refractivity contribution in [1.82, 2.24) is 15.2 Å². The molecule has 0 radical (unpaired) electrons. The van der Waals surface area contributed by atoms with Gasteiger partial charge in [0.1, 0.15) is 10.6 Å². The van der Waals surface area contributed by atoms with Crippen LogP contribution in [0.1, 0.15) is 31.7 Å². The van der Waals surface area contributed by atoms with Crippen molar-refractivity contribution < 1.29 is 22.5 Å². The molecular formula is C13H23N3O5S. The van der Waals surface area contributed by atoms with Gasteiger partial charge in [0, 0.05) is 19.5 Å². The lowest BCUT2D eigenvalue weighted by Gasteiger charge is -2.09. The Labute approximate surface area is 130 Å². The first kappa shape index (κ1) is 18.6. The second-order valence-corrected chi connectivity index (χ2v) is 6.77. The molecule has 0 unspecified atom stereocenters. The third-order valence-electron chi connectivity index (χ3n) is 2.76. The minimum absolute atomic E-state index is 0.00324. The van der Waals surface area contributed by atoms with Crippen LogP contribution in [0.3, 0.4) is 0 Å². The summed E-state index contributed by atoms with van der Waals surface area (Å²) in [5.41, 5.74) is 0.292. The summed E-state index contributed by atoms with van der Waals surface area (Å²) in [7, 11) is -3.72. The Morgan fingerprint density at radius 1 is 1.32 bits per heavy atom. The van der Waals surface area contributed by atoms with E-state index in [1.807, 2.05) is 13.8 Å². The van der Waals surface area contributed by atoms with Crippen LogP contribution >= 0.6 is 0 Å². The molecule has 0 aliphatic rings. The Bertz CT molecular complexity index is 575. The zero-order valence-electron chi connectivity index (χ0n) is 13.3. The molecule has 0 spiro atoms. The number of hydrogen-bond acceptors (Lipinski definition) is 6. The van der Waals surface area contributed by atoms with Crippen LogP contribution in [0, 0.1) is 13.8 Å². The number of amides is 1. The van der Waals surface area contributed by atoms with Gasteiger partial charge in [0.2, 0.25) is 15.9 Å². The molecule has 0 aromatic carbocycles. The summed E-state index contributed by atoms with van der Waals surface area (Å²) in [6.07, 6.45) is 0.156. The molecule has 0 bridgehead atoms. The molecule has 0 saturated carbocycles. The zero-order chi connectivity index (χ0) is 16.8. The fourth-order valence-corrected chi connectivity index (χ4v) is 3.16. The van der Waals surface area contributed by atoms with Crippen molar-refractivity contribution in [2.75, 3.05) is 19.7 Å². The first-order valence-electron chi connectivity index (χ1n) is 7.05. The summed E-state index contributed by atoms with van der Waals surface area (Å²) in [5.74, 6) is -0.0193. The van der Waals surface area contributed by atoms with Gasteiger partial charge in [-0.05, 0) is 27.7 Å². The molecule has 1 aromatic rings. The van der Waals surface area contributed by atoms with E-state index in [1.165, 1.54) is 6.92 Å². The van der Waals surface area contributed by atoms with Gasteiger partial charge < -0.3 is 14.6 Å². The molecule has 9 heteroatoms. The summed E-state index contributed by atoms with van der Waals surface area (Å²) >= 11 is 0. The van der Waals surface area contributed by atoms with Gasteiger partial charge in [-0.25, -0.2) is 13.1 Å². The Hall–Kier alpha value is -1.45. The van der Waals surface area contributed by atoms with Gasteiger partial charge in [0.05, 0.1) is 12.7 Å². The van der Waals surface area contributed by atoms with E-state index in [-0.39, 0.29) is 35.6 Å². The van der Waals surface area contributed by atoms with E-state index in [1.54, 1.807) is 6.92 Å². The summed E-state index contributed by atoms with van der Waals surface area (Å²) in [6.45, 7) is 7.71. The summed E-state index contributed by atoms with van der Waals surface area (Å²) in [4.78, 5) is 11.6. The van der Waals surface area contributed by atoms with E-state index in [0.29, 0.717) is 18.8 Å². The van der Waals surface area contributed by atoms with Crippen LogP contribution < -0.4 is 10.0 Å². The van der Waals surface area contributed by atoms with Crippen molar-refractivity contribution in [2.45, 2.75) is 45.1 Å². The standard InChI is InChI=1S/C13H23N3O5S/c1-9(2)20-8-7-14-12(17)5-6-15-22(18,19)13-10(3)16-21-11(13)4/h9,15H,5-8H2,1-4H3,(H,14,17). The number of aromatic nitrogens is 1. The van der Waals surface area contributed by atoms with Gasteiger partial charge in [-0.2, -0.15) is 0 Å². The summed E-state index contributed by atoms with van der Waals surface area (Å²) in [6, 6.07) is 0. The number of sulfonamides is 1. The minimum Gasteiger partial charge on any atom is -0.377 e. The van der Waals surface area contributed by atoms with Crippen LogP contribution in [0.15, 0.2) is 9.42 Å². The van der Waals surface area contributed by atoms with E-state index in [2.05, 4.69) is 15.2 Å². The number of nitrogens with zero attached hydrogens (tertiary/aromatic N) is 1. The van der Waals surface area contributed by atoms with Gasteiger partial charge in [0.15, 0.2) is 5.76 Å². The highest BCUT2D eigenvalue weighted by atomic mass is 32.2. The quantitative estimate of drug-likeness (QED) is 0.637. The van der Waals surface area contributed by atoms with Crippen LogP contribution in [0.25, 0.3) is 0 Å². The molecule has 1 heterocycles. The van der Waals surface area contributed by atoms with Gasteiger partial charge in [-0.15, -0.1) is 0 Å². The maximum absolute atomic E-state index is 12.1. The topological polar surface area (TPSA) is 111 Å². The third kappa shape index (κ3) is 5.74. The second-order valence-electron chi connectivity index (χ2n) is 5.07. The van der Waals surface area contributed by atoms with Crippen molar-refractivity contribution in [2.24, 2.45) is 0 Å². The predicted octanol–water partition coefficient (Wildman–Crippen LogP) is 0.501. The van der Waals surface area contributed by atoms with Gasteiger partial charge in [-0.1, -0.05) is 5.16 Å². The highest BCUT2D eigenvalue weighted by Gasteiger charge is 2.23. The largest absolute Gasteiger partial charge is 0.377 e. The number of aryl methyl sites for hydroxylation is 2. The number of ether oxygens (including phenoxy) is 1. The van der Waals surface area contributed by atoms with Gasteiger partial charge in [-0.3, -0.25) is 4.79 Å². The third-order valence-corrected chi connectivity index (χ3v) is 4.46. The summed E-state index contributed by atoms with van der Waals surface area (Å²) in [5, 5.41) is 6.25. The molecule has 22 heavy (non-hydrogen) atoms. The van der Waals surface area contributed by atoms with E-state index in [0.717, 1.165) is 0 Å². The molecule has 1 amide bonds. The Kier molecular flexibility index (Phi) is 6.98. The lowest BCUT2D eigenvalue weighted by atomic mass is 10.4. The highest BCUT2D eigenvalue weighted by Crippen LogP contribution is 2.18. The molecular weight excluding hydrogens is 310 g/mol. The van der Waals surface area contributed by atoms with Crippen LogP contribution in [0.2, 0.25) is 0 Å². The molecule has 0 aliphatic carbocycles. The monoisotopic (exact) mass is 333 g/mol. The zero-order valence-corrected chi connectivity index (χ0v) is 14.1. The number of carbonyl (C=O) groups excluding carboxylic acids is 1. The normalized spacial score (nSPS) is 11.9. The summed E-state index contributed by atoms with van der Waals surface area (Å²) < 4.78 is 36.7. The molecule has 1 aromatic heterocycles. The van der Waals surface area contributed by atoms with Crippen molar-refractivity contribution in [3.05, 3.63) is 11.5 Å². The fraction of sp³-hybridized carbons (Fsp3) is 0.692. The van der Waals surface area contributed by atoms with Crippen molar-refractivity contribution in [1.29, 1.82) is 0 Å². The SMILES string of the molecule is Cc1noc(C)c1S(=O)(=O)NCCC(=O)NCCOC(C)C. The maximum Gasteiger partial charge on any atom is 0.245 e. The van der Waals surface area contributed by atoms with Crippen LogP contribution in [-0.4, -0.2) is 45.3 Å². The number of hydrogen-bond donors (Lipinski definition) is 2. The van der Waals surface area contributed by atoms with E-state index in [9.17, 15) is 13.2 Å². The van der Waals surface area contributed by atoms with Crippen LogP contribution in [0.5, 0.6) is 0 Å². The van der Waals surface area contributed by atoms with Crippen LogP contribution in [0.4, 0.5) is 0 Å². The molecule has 1 rings (SSSR count). The fourth-order valence-electron chi connectivity index (χ4n) is 1.80. The van der Waals surface area contributed by atoms with Gasteiger partial charge >= 0.3 is 0 Å².